The predicted molar refractivity (Wildman–Crippen MR) is 66.6 cm³/mol. The second-order valence-corrected chi connectivity index (χ2v) is 5.81. The number of halogens is 3. The van der Waals surface area contributed by atoms with Gasteiger partial charge < -0.3 is 4.90 Å². The van der Waals surface area contributed by atoms with E-state index in [2.05, 4.69) is 31.4 Å². The molecule has 0 aromatic carbocycles. The Labute approximate surface area is 107 Å². The van der Waals surface area contributed by atoms with Crippen LogP contribution in [-0.4, -0.2) is 61.0 Å². The van der Waals surface area contributed by atoms with Crippen LogP contribution in [0.25, 0.3) is 0 Å². The van der Waals surface area contributed by atoms with Gasteiger partial charge in [-0.15, -0.1) is 0 Å². The Balaban J connectivity index is 2.31. The van der Waals surface area contributed by atoms with E-state index >= 15 is 0 Å². The number of thiol groups is 1. The van der Waals surface area contributed by atoms with Gasteiger partial charge in [-0.05, 0) is 11.2 Å². The maximum Gasteiger partial charge on any atom is 0.401 e. The molecular formula is C11H21F3N2S. The van der Waals surface area contributed by atoms with Crippen molar-refractivity contribution in [2.45, 2.75) is 20.0 Å². The third-order valence-corrected chi connectivity index (χ3v) is 3.80. The lowest BCUT2D eigenvalue weighted by Crippen LogP contribution is -2.51. The highest BCUT2D eigenvalue weighted by Gasteiger charge is 2.32. The summed E-state index contributed by atoms with van der Waals surface area (Å²) in [5.41, 5.74) is 0.120. The van der Waals surface area contributed by atoms with Crippen molar-refractivity contribution in [3.05, 3.63) is 0 Å². The van der Waals surface area contributed by atoms with Gasteiger partial charge >= 0.3 is 6.18 Å². The van der Waals surface area contributed by atoms with Crippen LogP contribution in [0.5, 0.6) is 0 Å². The van der Waals surface area contributed by atoms with Crippen molar-refractivity contribution in [1.82, 2.24) is 9.80 Å². The molecule has 0 saturated carbocycles. The molecule has 17 heavy (non-hydrogen) atoms. The van der Waals surface area contributed by atoms with E-state index in [1.54, 1.807) is 0 Å². The van der Waals surface area contributed by atoms with Crippen molar-refractivity contribution in [3.8, 4) is 0 Å². The van der Waals surface area contributed by atoms with Gasteiger partial charge in [-0.2, -0.15) is 25.8 Å². The predicted octanol–water partition coefficient (Wildman–Crippen LogP) is 2.12. The van der Waals surface area contributed by atoms with Crippen molar-refractivity contribution in [2.24, 2.45) is 5.41 Å². The zero-order valence-corrected chi connectivity index (χ0v) is 11.3. The lowest BCUT2D eigenvalue weighted by Gasteiger charge is -2.38. The molecule has 0 aromatic rings. The molecule has 0 atom stereocenters. The van der Waals surface area contributed by atoms with E-state index in [1.165, 1.54) is 4.90 Å². The van der Waals surface area contributed by atoms with Crippen LogP contribution in [0.2, 0.25) is 0 Å². The van der Waals surface area contributed by atoms with E-state index < -0.39 is 12.7 Å². The standard InChI is InChI=1S/C11H21F3N2S/c1-10(2,9-17)7-15-3-5-16(6-4-15)8-11(12,13)14/h17H,3-9H2,1-2H3. The minimum absolute atomic E-state index is 0.120. The first-order valence-electron chi connectivity index (χ1n) is 5.84. The summed E-state index contributed by atoms with van der Waals surface area (Å²) in [5.74, 6) is 0.787. The van der Waals surface area contributed by atoms with Crippen molar-refractivity contribution in [1.29, 1.82) is 0 Å². The van der Waals surface area contributed by atoms with Gasteiger partial charge in [0.2, 0.25) is 0 Å². The largest absolute Gasteiger partial charge is 0.401 e. The quantitative estimate of drug-likeness (QED) is 0.782. The molecule has 0 unspecified atom stereocenters. The maximum absolute atomic E-state index is 12.2. The number of nitrogens with zero attached hydrogens (tertiary/aromatic N) is 2. The summed E-state index contributed by atoms with van der Waals surface area (Å²) in [6.45, 7) is 6.81. The van der Waals surface area contributed by atoms with Gasteiger partial charge in [0.25, 0.3) is 0 Å². The van der Waals surface area contributed by atoms with Crippen LogP contribution < -0.4 is 0 Å². The first-order valence-corrected chi connectivity index (χ1v) is 6.47. The smallest absolute Gasteiger partial charge is 0.300 e. The number of alkyl halides is 3. The molecule has 1 saturated heterocycles. The van der Waals surface area contributed by atoms with Gasteiger partial charge in [0.1, 0.15) is 0 Å². The van der Waals surface area contributed by atoms with Gasteiger partial charge in [-0.25, -0.2) is 0 Å². The molecule has 1 aliphatic rings. The van der Waals surface area contributed by atoms with Crippen LogP contribution in [-0.2, 0) is 0 Å². The van der Waals surface area contributed by atoms with Crippen molar-refractivity contribution < 1.29 is 13.2 Å². The molecule has 102 valence electrons. The molecule has 2 nitrogen and oxygen atoms in total. The highest BCUT2D eigenvalue weighted by molar-refractivity contribution is 7.80. The average Bonchev–Trinajstić information content (AvgIpc) is 2.19. The van der Waals surface area contributed by atoms with Gasteiger partial charge in [0, 0.05) is 32.7 Å². The van der Waals surface area contributed by atoms with Crippen molar-refractivity contribution in [3.63, 3.8) is 0 Å². The second-order valence-electron chi connectivity index (χ2n) is 5.49. The fourth-order valence-corrected chi connectivity index (χ4v) is 2.11. The van der Waals surface area contributed by atoms with Crippen LogP contribution >= 0.6 is 12.6 Å². The summed E-state index contributed by atoms with van der Waals surface area (Å²) in [4.78, 5) is 3.70. The van der Waals surface area contributed by atoms with Gasteiger partial charge in [0.15, 0.2) is 0 Å². The minimum atomic E-state index is -4.08. The number of hydrogen-bond donors (Lipinski definition) is 1. The zero-order chi connectivity index (χ0) is 13.1. The molecule has 1 fully saturated rings. The normalized spacial score (nSPS) is 20.8. The summed E-state index contributed by atoms with van der Waals surface area (Å²) < 4.78 is 36.6. The molecule has 0 aliphatic carbocycles. The number of rotatable bonds is 4. The average molecular weight is 270 g/mol. The Morgan fingerprint density at radius 3 is 1.71 bits per heavy atom. The first kappa shape index (κ1) is 15.1. The van der Waals surface area contributed by atoms with Crippen molar-refractivity contribution >= 4 is 12.6 Å². The summed E-state index contributed by atoms with van der Waals surface area (Å²) in [6.07, 6.45) is -4.08. The Morgan fingerprint density at radius 2 is 1.35 bits per heavy atom. The Hall–Kier alpha value is 0.0600. The van der Waals surface area contributed by atoms with E-state index in [4.69, 9.17) is 0 Å². The Morgan fingerprint density at radius 1 is 0.941 bits per heavy atom. The SMILES string of the molecule is CC(C)(CS)CN1CCN(CC(F)(F)F)CC1. The highest BCUT2D eigenvalue weighted by Crippen LogP contribution is 2.21. The molecule has 0 radical (unpaired) electrons. The highest BCUT2D eigenvalue weighted by atomic mass is 32.1. The summed E-state index contributed by atoms with van der Waals surface area (Å²) >= 11 is 4.29. The number of piperazine rings is 1. The molecule has 0 bridgehead atoms. The summed E-state index contributed by atoms with van der Waals surface area (Å²) in [6, 6.07) is 0. The molecule has 6 heteroatoms. The molecule has 0 aromatic heterocycles. The lowest BCUT2D eigenvalue weighted by atomic mass is 9.95. The van der Waals surface area contributed by atoms with E-state index in [0.717, 1.165) is 12.3 Å². The molecule has 0 amide bonds. The Bertz CT molecular complexity index is 235. The molecule has 1 rings (SSSR count). The lowest BCUT2D eigenvalue weighted by molar-refractivity contribution is -0.149. The fraction of sp³-hybridized carbons (Fsp3) is 1.00. The van der Waals surface area contributed by atoms with E-state index in [0.29, 0.717) is 26.2 Å². The van der Waals surface area contributed by atoms with Gasteiger partial charge in [-0.1, -0.05) is 13.8 Å². The monoisotopic (exact) mass is 270 g/mol. The summed E-state index contributed by atoms with van der Waals surface area (Å²) in [7, 11) is 0. The Kier molecular flexibility index (Phi) is 5.16. The maximum atomic E-state index is 12.2. The minimum Gasteiger partial charge on any atom is -0.300 e. The van der Waals surface area contributed by atoms with Crippen LogP contribution in [0.3, 0.4) is 0 Å². The molecule has 1 heterocycles. The van der Waals surface area contributed by atoms with Crippen molar-refractivity contribution in [2.75, 3.05) is 45.0 Å². The zero-order valence-electron chi connectivity index (χ0n) is 10.4. The van der Waals surface area contributed by atoms with Crippen LogP contribution in [0, 0.1) is 5.41 Å². The number of hydrogen-bond acceptors (Lipinski definition) is 3. The molecular weight excluding hydrogens is 249 g/mol. The topological polar surface area (TPSA) is 6.48 Å². The van der Waals surface area contributed by atoms with Gasteiger partial charge in [-0.3, -0.25) is 4.90 Å². The van der Waals surface area contributed by atoms with E-state index in [-0.39, 0.29) is 5.41 Å². The molecule has 0 spiro atoms. The molecule has 0 N–H and O–H groups in total. The second kappa shape index (κ2) is 5.80. The third-order valence-electron chi connectivity index (χ3n) is 2.95. The third kappa shape index (κ3) is 5.97. The van der Waals surface area contributed by atoms with E-state index in [9.17, 15) is 13.2 Å². The van der Waals surface area contributed by atoms with Crippen LogP contribution in [0.1, 0.15) is 13.8 Å². The van der Waals surface area contributed by atoms with Crippen LogP contribution in [0.4, 0.5) is 13.2 Å². The summed E-state index contributed by atoms with van der Waals surface area (Å²) in [5, 5.41) is 0. The molecule has 1 aliphatic heterocycles. The fourth-order valence-electron chi connectivity index (χ4n) is 2.01. The van der Waals surface area contributed by atoms with Gasteiger partial charge in [0.05, 0.1) is 6.54 Å². The van der Waals surface area contributed by atoms with Crippen LogP contribution in [0.15, 0.2) is 0 Å². The van der Waals surface area contributed by atoms with E-state index in [1.807, 2.05) is 0 Å². The first-order chi connectivity index (χ1) is 7.72.